The minimum atomic E-state index is -3.83. The van der Waals surface area contributed by atoms with Crippen molar-refractivity contribution >= 4 is 50.7 Å². The quantitative estimate of drug-likeness (QED) is 0.519. The van der Waals surface area contributed by atoms with E-state index in [0.29, 0.717) is 39.8 Å². The number of nitrogens with zero attached hydrogens (tertiary/aromatic N) is 2. The van der Waals surface area contributed by atoms with Crippen molar-refractivity contribution in [3.05, 3.63) is 63.6 Å². The molecule has 2 rings (SSSR count). The number of hydrogen-bond acceptors (Lipinski definition) is 4. The van der Waals surface area contributed by atoms with Crippen LogP contribution < -0.4 is 9.62 Å². The molecule has 0 aliphatic carbocycles. The zero-order valence-electron chi connectivity index (χ0n) is 19.1. The van der Waals surface area contributed by atoms with Gasteiger partial charge in [-0.1, -0.05) is 54.4 Å². The summed E-state index contributed by atoms with van der Waals surface area (Å²) in [5, 5.41) is 3.55. The van der Waals surface area contributed by atoms with Gasteiger partial charge in [0, 0.05) is 23.1 Å². The van der Waals surface area contributed by atoms with Gasteiger partial charge in [-0.15, -0.1) is 0 Å². The maximum absolute atomic E-state index is 13.6. The summed E-state index contributed by atoms with van der Waals surface area (Å²) in [5.74, 6) is -0.844. The summed E-state index contributed by atoms with van der Waals surface area (Å²) in [6.07, 6.45) is 1.37. The van der Waals surface area contributed by atoms with Gasteiger partial charge < -0.3 is 10.2 Å². The third kappa shape index (κ3) is 7.09. The number of carbonyl (C=O) groups is 2. The van der Waals surface area contributed by atoms with E-state index in [9.17, 15) is 18.0 Å². The number of carbonyl (C=O) groups excluding carboxylic acids is 2. The number of benzene rings is 2. The highest BCUT2D eigenvalue weighted by Gasteiger charge is 2.32. The molecule has 2 aromatic carbocycles. The zero-order valence-corrected chi connectivity index (χ0v) is 21.5. The first-order chi connectivity index (χ1) is 15.5. The maximum Gasteiger partial charge on any atom is 0.244 e. The molecule has 7 nitrogen and oxygen atoms in total. The van der Waals surface area contributed by atoms with Crippen molar-refractivity contribution in [1.82, 2.24) is 10.2 Å². The van der Waals surface area contributed by atoms with E-state index >= 15 is 0 Å². The summed E-state index contributed by atoms with van der Waals surface area (Å²) in [4.78, 5) is 27.7. The van der Waals surface area contributed by atoms with Gasteiger partial charge in [-0.2, -0.15) is 0 Å². The van der Waals surface area contributed by atoms with Crippen LogP contribution in [0.4, 0.5) is 5.69 Å². The number of hydrogen-bond donors (Lipinski definition) is 1. The van der Waals surface area contributed by atoms with E-state index in [0.717, 1.165) is 10.6 Å². The molecule has 0 saturated carbocycles. The van der Waals surface area contributed by atoms with Crippen molar-refractivity contribution in [3.63, 3.8) is 0 Å². The molecule has 0 aliphatic rings. The molecular weight excluding hydrogens is 485 g/mol. The molecule has 180 valence electrons. The standard InChI is InChI=1S/C23H29Cl2N3O4S/c1-5-20(23(30)26-6-2)27(14-17-9-7-8-10-19(17)25)22(29)15-28(33(4,31)32)21-13-18(24)12-11-16(21)3/h7-13,20H,5-6,14-15H2,1-4H3,(H,26,30)/t20-/m1/s1. The Hall–Kier alpha value is -2.29. The molecule has 1 N–H and O–H groups in total. The van der Waals surface area contributed by atoms with Gasteiger partial charge in [-0.05, 0) is 49.6 Å². The van der Waals surface area contributed by atoms with E-state index in [1.807, 2.05) is 0 Å². The molecule has 0 saturated heterocycles. The molecule has 33 heavy (non-hydrogen) atoms. The Morgan fingerprint density at radius 2 is 1.76 bits per heavy atom. The summed E-state index contributed by atoms with van der Waals surface area (Å²) in [6, 6.07) is 11.1. The van der Waals surface area contributed by atoms with Gasteiger partial charge in [0.1, 0.15) is 12.6 Å². The predicted molar refractivity (Wildman–Crippen MR) is 133 cm³/mol. The van der Waals surface area contributed by atoms with Crippen molar-refractivity contribution in [2.75, 3.05) is 23.7 Å². The molecule has 0 radical (unpaired) electrons. The fourth-order valence-electron chi connectivity index (χ4n) is 3.47. The smallest absolute Gasteiger partial charge is 0.244 e. The fraction of sp³-hybridized carbons (Fsp3) is 0.391. The molecule has 0 unspecified atom stereocenters. The first-order valence-corrected chi connectivity index (χ1v) is 13.1. The summed E-state index contributed by atoms with van der Waals surface area (Å²) >= 11 is 12.4. The lowest BCUT2D eigenvalue weighted by Crippen LogP contribution is -2.52. The van der Waals surface area contributed by atoms with E-state index in [1.165, 1.54) is 11.0 Å². The molecule has 1 atom stereocenters. The predicted octanol–water partition coefficient (Wildman–Crippen LogP) is 4.01. The van der Waals surface area contributed by atoms with Gasteiger partial charge in [-0.3, -0.25) is 13.9 Å². The van der Waals surface area contributed by atoms with Gasteiger partial charge in [0.25, 0.3) is 0 Å². The lowest BCUT2D eigenvalue weighted by Gasteiger charge is -2.33. The second-order valence-electron chi connectivity index (χ2n) is 7.63. The van der Waals surface area contributed by atoms with E-state index in [-0.39, 0.29) is 12.5 Å². The monoisotopic (exact) mass is 513 g/mol. The summed E-state index contributed by atoms with van der Waals surface area (Å²) in [5.41, 5.74) is 1.60. The lowest BCUT2D eigenvalue weighted by atomic mass is 10.1. The first-order valence-electron chi connectivity index (χ1n) is 10.5. The third-order valence-electron chi connectivity index (χ3n) is 5.15. The lowest BCUT2D eigenvalue weighted by molar-refractivity contribution is -0.140. The summed E-state index contributed by atoms with van der Waals surface area (Å²) in [6.45, 7) is 5.29. The molecule has 0 aromatic heterocycles. The minimum absolute atomic E-state index is 0.0558. The van der Waals surface area contributed by atoms with Gasteiger partial charge in [-0.25, -0.2) is 8.42 Å². The third-order valence-corrected chi connectivity index (χ3v) is 6.88. The average molecular weight is 514 g/mol. The number of halogens is 2. The average Bonchev–Trinajstić information content (AvgIpc) is 2.74. The number of sulfonamides is 1. The fourth-order valence-corrected chi connectivity index (χ4v) is 4.73. The van der Waals surface area contributed by atoms with E-state index in [1.54, 1.807) is 57.2 Å². The van der Waals surface area contributed by atoms with Crippen molar-refractivity contribution in [2.45, 2.75) is 39.8 Å². The number of anilines is 1. The number of aryl methyl sites for hydroxylation is 1. The van der Waals surface area contributed by atoms with Gasteiger partial charge >= 0.3 is 0 Å². The van der Waals surface area contributed by atoms with Gasteiger partial charge in [0.15, 0.2) is 0 Å². The van der Waals surface area contributed by atoms with Crippen LogP contribution >= 0.6 is 23.2 Å². The van der Waals surface area contributed by atoms with E-state index in [4.69, 9.17) is 23.2 Å². The first kappa shape index (κ1) is 27.0. The number of rotatable bonds is 10. The molecule has 0 spiro atoms. The molecule has 0 aliphatic heterocycles. The maximum atomic E-state index is 13.6. The van der Waals surface area contributed by atoms with Crippen LogP contribution in [0.1, 0.15) is 31.4 Å². The van der Waals surface area contributed by atoms with Crippen LogP contribution in [0.15, 0.2) is 42.5 Å². The molecule has 0 bridgehead atoms. The Kier molecular flexibility index (Phi) is 9.57. The van der Waals surface area contributed by atoms with Crippen LogP contribution in [0.2, 0.25) is 10.0 Å². The number of nitrogens with one attached hydrogen (secondary N) is 1. The van der Waals surface area contributed by atoms with Crippen LogP contribution in [0.3, 0.4) is 0 Å². The van der Waals surface area contributed by atoms with Gasteiger partial charge in [0.2, 0.25) is 21.8 Å². The van der Waals surface area contributed by atoms with Crippen LogP contribution in [-0.2, 0) is 26.2 Å². The molecular formula is C23H29Cl2N3O4S. The molecule has 10 heteroatoms. The molecule has 2 amide bonds. The normalized spacial score (nSPS) is 12.2. The Labute approximate surface area is 205 Å². The zero-order chi connectivity index (χ0) is 24.8. The second kappa shape index (κ2) is 11.7. The minimum Gasteiger partial charge on any atom is -0.355 e. The highest BCUT2D eigenvalue weighted by Crippen LogP contribution is 2.27. The number of amides is 2. The van der Waals surface area contributed by atoms with E-state index in [2.05, 4.69) is 5.32 Å². The van der Waals surface area contributed by atoms with Crippen LogP contribution in [-0.4, -0.2) is 50.5 Å². The highest BCUT2D eigenvalue weighted by molar-refractivity contribution is 7.92. The summed E-state index contributed by atoms with van der Waals surface area (Å²) in [7, 11) is -3.83. The Morgan fingerprint density at radius 3 is 2.33 bits per heavy atom. The van der Waals surface area contributed by atoms with E-state index < -0.39 is 28.5 Å². The molecule has 0 heterocycles. The Morgan fingerprint density at radius 1 is 1.09 bits per heavy atom. The summed E-state index contributed by atoms with van der Waals surface area (Å²) < 4.78 is 26.3. The topological polar surface area (TPSA) is 86.8 Å². The largest absolute Gasteiger partial charge is 0.355 e. The molecule has 0 fully saturated rings. The highest BCUT2D eigenvalue weighted by atomic mass is 35.5. The second-order valence-corrected chi connectivity index (χ2v) is 10.4. The molecule has 2 aromatic rings. The SMILES string of the molecule is CCNC(=O)[C@@H](CC)N(Cc1ccccc1Cl)C(=O)CN(c1cc(Cl)ccc1C)S(C)(=O)=O. The van der Waals surface area contributed by atoms with Crippen molar-refractivity contribution in [3.8, 4) is 0 Å². The number of likely N-dealkylation sites (N-methyl/N-ethyl adjacent to an activating group) is 1. The van der Waals surface area contributed by atoms with Crippen LogP contribution in [0, 0.1) is 6.92 Å². The van der Waals surface area contributed by atoms with Crippen LogP contribution in [0.25, 0.3) is 0 Å². The van der Waals surface area contributed by atoms with Gasteiger partial charge in [0.05, 0.1) is 11.9 Å². The van der Waals surface area contributed by atoms with Crippen LogP contribution in [0.5, 0.6) is 0 Å². The van der Waals surface area contributed by atoms with Crippen molar-refractivity contribution < 1.29 is 18.0 Å². The Balaban J connectivity index is 2.49. The van der Waals surface area contributed by atoms with Crippen molar-refractivity contribution in [1.29, 1.82) is 0 Å². The van der Waals surface area contributed by atoms with Crippen molar-refractivity contribution in [2.24, 2.45) is 0 Å². The Bertz CT molecular complexity index is 1110.